The van der Waals surface area contributed by atoms with Gasteiger partial charge in [-0.05, 0) is 23.8 Å². The van der Waals surface area contributed by atoms with Gasteiger partial charge in [0.25, 0.3) is 0 Å². The zero-order valence-electron chi connectivity index (χ0n) is 15.8. The van der Waals surface area contributed by atoms with E-state index in [4.69, 9.17) is 4.74 Å². The zero-order valence-corrected chi connectivity index (χ0v) is 15.8. The number of guanidine groups is 1. The Labute approximate surface area is 165 Å². The van der Waals surface area contributed by atoms with Gasteiger partial charge in [-0.3, -0.25) is 4.99 Å². The Morgan fingerprint density at radius 1 is 0.897 bits per heavy atom. The fraction of sp³-hybridized carbons (Fsp3) is 0.316. The molecule has 158 valence electrons. The minimum atomic E-state index is -2.97. The van der Waals surface area contributed by atoms with Gasteiger partial charge in [-0.15, -0.1) is 0 Å². The maximum absolute atomic E-state index is 12.5. The molecule has 0 heterocycles. The van der Waals surface area contributed by atoms with Gasteiger partial charge in [0.1, 0.15) is 5.75 Å². The molecule has 0 aliphatic rings. The molecule has 0 unspecified atom stereocenters. The zero-order chi connectivity index (χ0) is 21.2. The number of rotatable bonds is 9. The molecular formula is C19H21F4N3O3. The molecule has 2 aromatic carbocycles. The summed E-state index contributed by atoms with van der Waals surface area (Å²) in [6, 6.07) is 11.0. The third-order valence-corrected chi connectivity index (χ3v) is 3.76. The fourth-order valence-electron chi connectivity index (χ4n) is 2.47. The maximum atomic E-state index is 12.5. The number of aliphatic imine (C=N–C) groups is 1. The first-order chi connectivity index (χ1) is 13.9. The molecule has 0 saturated heterocycles. The van der Waals surface area contributed by atoms with Crippen molar-refractivity contribution in [2.75, 3.05) is 14.2 Å². The number of methoxy groups -OCH3 is 1. The van der Waals surface area contributed by atoms with Crippen molar-refractivity contribution in [3.05, 3.63) is 53.6 Å². The smallest absolute Gasteiger partial charge is 0.387 e. The van der Waals surface area contributed by atoms with Crippen LogP contribution >= 0.6 is 0 Å². The number of ether oxygens (including phenoxy) is 3. The summed E-state index contributed by atoms with van der Waals surface area (Å²) in [5, 5.41) is 5.98. The highest BCUT2D eigenvalue weighted by Crippen LogP contribution is 2.29. The van der Waals surface area contributed by atoms with Gasteiger partial charge in [0.05, 0.1) is 7.11 Å². The number of nitrogens with one attached hydrogen (secondary N) is 2. The lowest BCUT2D eigenvalue weighted by atomic mass is 10.2. The van der Waals surface area contributed by atoms with E-state index in [0.717, 1.165) is 0 Å². The van der Waals surface area contributed by atoms with Crippen molar-refractivity contribution in [1.29, 1.82) is 0 Å². The standard InChI is InChI=1S/C19H21F4N3O3/c1-24-19(26-11-13-5-3-4-6-14(13)28-17(20)21)25-10-12-7-8-15(27-2)16(9-12)29-18(22)23/h3-9,17-18H,10-11H2,1-2H3,(H2,24,25,26). The van der Waals surface area contributed by atoms with Gasteiger partial charge in [-0.2, -0.15) is 17.6 Å². The SMILES string of the molecule is CN=C(NCc1ccc(OC)c(OC(F)F)c1)NCc1ccccc1OC(F)F. The van der Waals surface area contributed by atoms with Crippen LogP contribution in [0.5, 0.6) is 17.2 Å². The van der Waals surface area contributed by atoms with E-state index < -0.39 is 13.2 Å². The quantitative estimate of drug-likeness (QED) is 0.371. The van der Waals surface area contributed by atoms with Crippen molar-refractivity contribution in [3.63, 3.8) is 0 Å². The molecule has 10 heteroatoms. The van der Waals surface area contributed by atoms with Gasteiger partial charge in [0.2, 0.25) is 0 Å². The number of benzene rings is 2. The molecule has 2 aromatic rings. The normalized spacial score (nSPS) is 11.5. The largest absolute Gasteiger partial charge is 0.493 e. The highest BCUT2D eigenvalue weighted by molar-refractivity contribution is 5.79. The molecule has 0 aromatic heterocycles. The first kappa shape index (κ1) is 22.1. The molecule has 0 aliphatic carbocycles. The highest BCUT2D eigenvalue weighted by Gasteiger charge is 2.12. The topological polar surface area (TPSA) is 64.1 Å². The van der Waals surface area contributed by atoms with Crippen molar-refractivity contribution in [2.24, 2.45) is 4.99 Å². The van der Waals surface area contributed by atoms with Gasteiger partial charge in [-0.1, -0.05) is 24.3 Å². The Kier molecular flexibility index (Phi) is 8.38. The second-order valence-corrected chi connectivity index (χ2v) is 5.63. The molecular weight excluding hydrogens is 394 g/mol. The molecule has 0 spiro atoms. The van der Waals surface area contributed by atoms with E-state index >= 15 is 0 Å². The van der Waals surface area contributed by atoms with Crippen LogP contribution in [0.1, 0.15) is 11.1 Å². The third kappa shape index (κ3) is 7.05. The summed E-state index contributed by atoms with van der Waals surface area (Å²) < 4.78 is 64.0. The van der Waals surface area contributed by atoms with Crippen molar-refractivity contribution in [2.45, 2.75) is 26.3 Å². The number of nitrogens with zero attached hydrogens (tertiary/aromatic N) is 1. The molecule has 0 fully saturated rings. The summed E-state index contributed by atoms with van der Waals surface area (Å²) in [4.78, 5) is 4.04. The van der Waals surface area contributed by atoms with Crippen LogP contribution in [-0.2, 0) is 13.1 Å². The molecule has 2 N–H and O–H groups in total. The average Bonchev–Trinajstić information content (AvgIpc) is 2.68. The number of para-hydroxylation sites is 1. The van der Waals surface area contributed by atoms with E-state index in [9.17, 15) is 17.6 Å². The van der Waals surface area contributed by atoms with E-state index in [-0.39, 0.29) is 30.3 Å². The van der Waals surface area contributed by atoms with Gasteiger partial charge >= 0.3 is 13.2 Å². The van der Waals surface area contributed by atoms with Crippen LogP contribution in [0.25, 0.3) is 0 Å². The number of halogens is 4. The Morgan fingerprint density at radius 3 is 2.21 bits per heavy atom. The minimum absolute atomic E-state index is 0.0643. The second kappa shape index (κ2) is 11.0. The van der Waals surface area contributed by atoms with Crippen LogP contribution in [0, 0.1) is 0 Å². The Morgan fingerprint density at radius 2 is 1.55 bits per heavy atom. The third-order valence-electron chi connectivity index (χ3n) is 3.76. The van der Waals surface area contributed by atoms with E-state index in [1.807, 2.05) is 0 Å². The van der Waals surface area contributed by atoms with E-state index in [1.54, 1.807) is 24.3 Å². The van der Waals surface area contributed by atoms with Gasteiger partial charge in [0, 0.05) is 25.7 Å². The first-order valence-electron chi connectivity index (χ1n) is 8.52. The lowest BCUT2D eigenvalue weighted by Crippen LogP contribution is -2.36. The van der Waals surface area contributed by atoms with Crippen molar-refractivity contribution in [1.82, 2.24) is 10.6 Å². The Hall–Kier alpha value is -3.17. The lowest BCUT2D eigenvalue weighted by Gasteiger charge is -2.15. The monoisotopic (exact) mass is 415 g/mol. The van der Waals surface area contributed by atoms with Crippen LogP contribution < -0.4 is 24.8 Å². The van der Waals surface area contributed by atoms with Crippen LogP contribution in [-0.4, -0.2) is 33.3 Å². The summed E-state index contributed by atoms with van der Waals surface area (Å²) in [6.07, 6.45) is 0. The van der Waals surface area contributed by atoms with Crippen LogP contribution in [0.2, 0.25) is 0 Å². The summed E-state index contributed by atoms with van der Waals surface area (Å²) >= 11 is 0. The van der Waals surface area contributed by atoms with E-state index in [1.165, 1.54) is 32.4 Å². The Balaban J connectivity index is 1.98. The predicted octanol–water partition coefficient (Wildman–Crippen LogP) is 3.76. The fourth-order valence-corrected chi connectivity index (χ4v) is 2.47. The Bertz CT molecular complexity index is 819. The van der Waals surface area contributed by atoms with Gasteiger partial charge < -0.3 is 24.8 Å². The molecule has 0 radical (unpaired) electrons. The average molecular weight is 415 g/mol. The lowest BCUT2D eigenvalue weighted by molar-refractivity contribution is -0.0516. The number of hydrogen-bond donors (Lipinski definition) is 2. The molecule has 29 heavy (non-hydrogen) atoms. The van der Waals surface area contributed by atoms with Crippen molar-refractivity contribution >= 4 is 5.96 Å². The molecule has 0 aliphatic heterocycles. The van der Waals surface area contributed by atoms with Crippen molar-refractivity contribution < 1.29 is 31.8 Å². The summed E-state index contributed by atoms with van der Waals surface area (Å²) in [7, 11) is 2.89. The number of hydrogen-bond acceptors (Lipinski definition) is 4. The van der Waals surface area contributed by atoms with Crippen molar-refractivity contribution in [3.8, 4) is 17.2 Å². The minimum Gasteiger partial charge on any atom is -0.493 e. The molecule has 0 bridgehead atoms. The summed E-state index contributed by atoms with van der Waals surface area (Å²) in [6.45, 7) is -5.46. The molecule has 0 atom stereocenters. The molecule has 0 amide bonds. The molecule has 2 rings (SSSR count). The number of alkyl halides is 4. The highest BCUT2D eigenvalue weighted by atomic mass is 19.3. The maximum Gasteiger partial charge on any atom is 0.387 e. The van der Waals surface area contributed by atoms with E-state index in [0.29, 0.717) is 17.1 Å². The van der Waals surface area contributed by atoms with Gasteiger partial charge in [0.15, 0.2) is 17.5 Å². The van der Waals surface area contributed by atoms with Gasteiger partial charge in [-0.25, -0.2) is 0 Å². The van der Waals surface area contributed by atoms with E-state index in [2.05, 4.69) is 25.1 Å². The predicted molar refractivity (Wildman–Crippen MR) is 99.7 cm³/mol. The molecule has 0 saturated carbocycles. The first-order valence-corrected chi connectivity index (χ1v) is 8.52. The molecule has 6 nitrogen and oxygen atoms in total. The second-order valence-electron chi connectivity index (χ2n) is 5.63. The summed E-state index contributed by atoms with van der Waals surface area (Å²) in [5.74, 6) is 0.549. The van der Waals surface area contributed by atoms with Crippen LogP contribution in [0.15, 0.2) is 47.5 Å². The van der Waals surface area contributed by atoms with Crippen LogP contribution in [0.3, 0.4) is 0 Å². The van der Waals surface area contributed by atoms with Crippen LogP contribution in [0.4, 0.5) is 17.6 Å². The summed E-state index contributed by atoms with van der Waals surface area (Å²) in [5.41, 5.74) is 1.17.